The number of rotatable bonds is 11. The number of benzene rings is 3. The minimum Gasteiger partial charge on any atom is -0.490 e. The van der Waals surface area contributed by atoms with Gasteiger partial charge in [0.2, 0.25) is 17.9 Å². The van der Waals surface area contributed by atoms with Crippen molar-refractivity contribution in [2.45, 2.75) is 57.5 Å². The fourth-order valence-electron chi connectivity index (χ4n) is 9.00. The maximum Gasteiger partial charge on any atom is 0.345 e. The van der Waals surface area contributed by atoms with E-state index in [1.165, 1.54) is 29.8 Å². The lowest BCUT2D eigenvalue weighted by Crippen LogP contribution is -2.49. The fourth-order valence-corrected chi connectivity index (χ4v) is 11.1. The van der Waals surface area contributed by atoms with Crippen LogP contribution < -0.4 is 18.9 Å². The topological polar surface area (TPSA) is 170 Å². The molecule has 3 aromatic carbocycles. The zero-order valence-corrected chi connectivity index (χ0v) is 41.4. The Morgan fingerprint density at radius 2 is 1.80 bits per heavy atom. The Labute approximate surface area is 408 Å². The Balaban J connectivity index is 1.08. The summed E-state index contributed by atoms with van der Waals surface area (Å²) >= 11 is 8.59. The molecule has 3 atom stereocenters. The smallest absolute Gasteiger partial charge is 0.345 e. The Morgan fingerprint density at radius 3 is 2.57 bits per heavy atom. The number of likely N-dealkylation sites (N-methyl/N-ethyl adjacent to an activating group) is 1. The number of hydrogen-bond acceptors (Lipinski definition) is 14. The molecule has 7 heterocycles. The van der Waals surface area contributed by atoms with Crippen molar-refractivity contribution in [1.82, 2.24) is 34.6 Å². The molecule has 19 heteroatoms. The third-order valence-corrected chi connectivity index (χ3v) is 15.7. The third-order valence-electron chi connectivity index (χ3n) is 12.8. The van der Waals surface area contributed by atoms with E-state index in [-0.39, 0.29) is 49.7 Å². The molecular weight excluding hydrogens is 944 g/mol. The van der Waals surface area contributed by atoms with Crippen LogP contribution in [-0.4, -0.2) is 136 Å². The second-order valence-electron chi connectivity index (χ2n) is 18.3. The van der Waals surface area contributed by atoms with Gasteiger partial charge in [0.25, 0.3) is 0 Å². The van der Waals surface area contributed by atoms with Crippen molar-refractivity contribution in [1.29, 1.82) is 0 Å². The van der Waals surface area contributed by atoms with Crippen molar-refractivity contribution in [2.75, 3.05) is 72.4 Å². The molecule has 1 amide bonds. The van der Waals surface area contributed by atoms with Crippen LogP contribution in [0.4, 0.5) is 4.39 Å². The van der Waals surface area contributed by atoms with Gasteiger partial charge in [-0.2, -0.15) is 0 Å². The summed E-state index contributed by atoms with van der Waals surface area (Å²) in [7, 11) is -0.259. The number of piperazine rings is 1. The molecule has 0 aliphatic carbocycles. The first-order chi connectivity index (χ1) is 33.2. The van der Waals surface area contributed by atoms with E-state index in [1.54, 1.807) is 60.8 Å². The van der Waals surface area contributed by atoms with Gasteiger partial charge in [0.1, 0.15) is 53.5 Å². The second-order valence-corrected chi connectivity index (χ2v) is 23.3. The molecule has 69 heavy (non-hydrogen) atoms. The SMILES string of the molecule is Cc1c2ccc(c1Cl)OC(CN1CCN(C)CC1)COc1ccc(OCc3ccnc([C@H]4CCCN4C(=O)CCP(C)(C)=O)n3)c(c1)C[C@H](C(=O)O)Oc1ncnc3sc(-c4ccc(F)cc4)c-2c13. The fraction of sp³-hybridized carbons (Fsp3) is 0.400. The lowest BCUT2D eigenvalue weighted by molar-refractivity contribution is -0.145. The van der Waals surface area contributed by atoms with Gasteiger partial charge in [0.05, 0.1) is 29.3 Å². The molecule has 2 fully saturated rings. The molecule has 0 spiro atoms. The van der Waals surface area contributed by atoms with E-state index in [0.29, 0.717) is 97.5 Å². The number of carboxylic acid groups (broad SMARTS) is 1. The van der Waals surface area contributed by atoms with Gasteiger partial charge in [-0.1, -0.05) is 29.8 Å². The van der Waals surface area contributed by atoms with Gasteiger partial charge in [-0.15, -0.1) is 11.3 Å². The minimum absolute atomic E-state index is 0.00602. The molecule has 2 saturated heterocycles. The van der Waals surface area contributed by atoms with Crippen LogP contribution in [0.25, 0.3) is 31.8 Å². The number of carboxylic acids is 1. The summed E-state index contributed by atoms with van der Waals surface area (Å²) in [4.78, 5) is 52.8. The third kappa shape index (κ3) is 11.2. The number of aromatic nitrogens is 4. The average Bonchev–Trinajstić information content (AvgIpc) is 3.98. The number of aliphatic carboxylic acids is 1. The first-order valence-electron chi connectivity index (χ1n) is 23.0. The van der Waals surface area contributed by atoms with E-state index in [1.807, 2.05) is 19.1 Å². The number of hydrogen-bond donors (Lipinski definition) is 1. The quantitative estimate of drug-likeness (QED) is 0.122. The first-order valence-corrected chi connectivity index (χ1v) is 27.0. The van der Waals surface area contributed by atoms with Crippen molar-refractivity contribution < 1.29 is 42.6 Å². The van der Waals surface area contributed by atoms with Crippen molar-refractivity contribution in [2.24, 2.45) is 0 Å². The molecule has 4 bridgehead atoms. The summed E-state index contributed by atoms with van der Waals surface area (Å²) in [6, 6.07) is 16.6. The van der Waals surface area contributed by atoms with Gasteiger partial charge in [-0.3, -0.25) is 9.69 Å². The molecule has 4 aliphatic heterocycles. The summed E-state index contributed by atoms with van der Waals surface area (Å²) in [5.41, 5.74) is 3.83. The van der Waals surface area contributed by atoms with Gasteiger partial charge in [-0.05, 0) is 99.3 Å². The Morgan fingerprint density at radius 1 is 1.00 bits per heavy atom. The van der Waals surface area contributed by atoms with Crippen molar-refractivity contribution in [3.63, 3.8) is 0 Å². The zero-order chi connectivity index (χ0) is 48.4. The highest BCUT2D eigenvalue weighted by molar-refractivity contribution is 7.62. The minimum atomic E-state index is -2.36. The molecule has 3 aromatic heterocycles. The molecule has 15 nitrogen and oxygen atoms in total. The zero-order valence-electron chi connectivity index (χ0n) is 38.9. The van der Waals surface area contributed by atoms with Crippen molar-refractivity contribution in [3.05, 3.63) is 107 Å². The number of ether oxygens (including phenoxy) is 4. The summed E-state index contributed by atoms with van der Waals surface area (Å²) in [6.45, 7) is 10.1. The van der Waals surface area contributed by atoms with E-state index < -0.39 is 25.3 Å². The highest BCUT2D eigenvalue weighted by atomic mass is 35.5. The van der Waals surface area contributed by atoms with Crippen LogP contribution in [0.2, 0.25) is 5.02 Å². The van der Waals surface area contributed by atoms with Crippen LogP contribution in [0.1, 0.15) is 47.9 Å². The predicted molar refractivity (Wildman–Crippen MR) is 263 cm³/mol. The second kappa shape index (κ2) is 20.7. The van der Waals surface area contributed by atoms with Crippen LogP contribution in [0.15, 0.2) is 73.2 Å². The van der Waals surface area contributed by atoms with Gasteiger partial charge in [-0.25, -0.2) is 29.1 Å². The number of nitrogens with zero attached hydrogens (tertiary/aromatic N) is 7. The lowest BCUT2D eigenvalue weighted by Gasteiger charge is -2.34. The number of fused-ring (bicyclic) bond motifs is 7. The Kier molecular flexibility index (Phi) is 14.5. The number of amides is 1. The molecule has 6 aromatic rings. The standard InChI is InChI=1S/C50H54ClFN7O8PS/c1-30-37-12-14-40(45(30)51)66-36(26-58-21-19-57(2)20-22-58)28-64-35-11-13-39(65-27-34-15-17-53-47(56-34)38-6-5-18-59(38)42(60)16-23-68(3,4)63)32(24-35)25-41(50(61)62)67-48-44-43(37)46(69-49(44)55-29-54-48)31-7-9-33(52)10-8-31/h7-15,17,24,29,36,38,41H,5-6,16,18-23,25-28H2,1-4H3,(H,61,62)/t36?,38-,41-/m1/s1. The summed E-state index contributed by atoms with van der Waals surface area (Å²) in [5.74, 6) is 0.152. The molecule has 1 N–H and O–H groups in total. The number of likely N-dealkylation sites (tertiary alicyclic amines) is 1. The van der Waals surface area contributed by atoms with Gasteiger partial charge < -0.3 is 38.4 Å². The Bertz CT molecular complexity index is 2910. The van der Waals surface area contributed by atoms with E-state index in [9.17, 15) is 23.7 Å². The number of carbonyl (C=O) groups is 2. The molecular formula is C50H54ClFN7O8PS. The van der Waals surface area contributed by atoms with Crippen LogP contribution in [0, 0.1) is 12.7 Å². The maximum atomic E-state index is 14.3. The average molecular weight is 999 g/mol. The summed E-state index contributed by atoms with van der Waals surface area (Å²) in [5, 5.41) is 11.7. The lowest BCUT2D eigenvalue weighted by atomic mass is 9.96. The normalized spacial score (nSPS) is 19.2. The van der Waals surface area contributed by atoms with Crippen LogP contribution in [0.3, 0.4) is 0 Å². The van der Waals surface area contributed by atoms with E-state index in [2.05, 4.69) is 31.8 Å². The van der Waals surface area contributed by atoms with Gasteiger partial charge in [0.15, 0.2) is 5.82 Å². The predicted octanol–water partition coefficient (Wildman–Crippen LogP) is 8.63. The summed E-state index contributed by atoms with van der Waals surface area (Å²) < 4.78 is 52.9. The molecule has 1 unspecified atom stereocenters. The molecule has 10 rings (SSSR count). The van der Waals surface area contributed by atoms with Crippen LogP contribution in [0.5, 0.6) is 23.1 Å². The highest BCUT2D eigenvalue weighted by Gasteiger charge is 2.33. The van der Waals surface area contributed by atoms with E-state index in [0.717, 1.165) is 37.5 Å². The first kappa shape index (κ1) is 48.3. The van der Waals surface area contributed by atoms with Gasteiger partial charge in [0, 0.05) is 80.5 Å². The largest absolute Gasteiger partial charge is 0.490 e. The number of halogens is 2. The molecule has 0 saturated carbocycles. The Hall–Kier alpha value is -5.71. The number of carbonyl (C=O) groups excluding carboxylic acids is 1. The summed E-state index contributed by atoms with van der Waals surface area (Å²) in [6.07, 6.45) is 2.93. The highest BCUT2D eigenvalue weighted by Crippen LogP contribution is 2.50. The molecule has 362 valence electrons. The van der Waals surface area contributed by atoms with E-state index in [4.69, 9.17) is 35.5 Å². The van der Waals surface area contributed by atoms with Gasteiger partial charge >= 0.3 is 5.97 Å². The molecule has 4 aliphatic rings. The monoisotopic (exact) mass is 997 g/mol. The van der Waals surface area contributed by atoms with E-state index >= 15 is 0 Å². The van der Waals surface area contributed by atoms with Crippen LogP contribution >= 0.6 is 30.1 Å². The van der Waals surface area contributed by atoms with Crippen molar-refractivity contribution >= 4 is 52.2 Å². The van der Waals surface area contributed by atoms with Crippen molar-refractivity contribution in [3.8, 4) is 44.7 Å². The maximum absolute atomic E-state index is 14.3. The van der Waals surface area contributed by atoms with Crippen LogP contribution in [-0.2, 0) is 27.2 Å². The number of thiophene rings is 1. The molecule has 0 radical (unpaired) electrons.